The third-order valence-corrected chi connectivity index (χ3v) is 3.81. The Kier molecular flexibility index (Phi) is 3.10. The van der Waals surface area contributed by atoms with Crippen molar-refractivity contribution in [2.45, 2.75) is 32.4 Å². The quantitative estimate of drug-likeness (QED) is 0.914. The molecule has 0 bridgehead atoms. The van der Waals surface area contributed by atoms with Crippen LogP contribution in [0.15, 0.2) is 16.8 Å². The second-order valence-electron chi connectivity index (χ2n) is 4.34. The number of aryl methyl sites for hydroxylation is 1. The summed E-state index contributed by atoms with van der Waals surface area (Å²) in [6.45, 7) is 1.41. The van der Waals surface area contributed by atoms with Gasteiger partial charge in [0, 0.05) is 23.9 Å². The molecule has 94 valence electrons. The van der Waals surface area contributed by atoms with Crippen LogP contribution in [-0.2, 0) is 19.5 Å². The molecule has 0 radical (unpaired) electrons. The van der Waals surface area contributed by atoms with Gasteiger partial charge in [-0.15, -0.1) is 10.2 Å². The zero-order valence-corrected chi connectivity index (χ0v) is 10.7. The normalized spacial score (nSPS) is 14.2. The van der Waals surface area contributed by atoms with Crippen LogP contribution in [-0.4, -0.2) is 20.7 Å². The Balaban J connectivity index is 1.67. The van der Waals surface area contributed by atoms with Gasteiger partial charge < -0.3 is 9.88 Å². The van der Waals surface area contributed by atoms with Crippen LogP contribution in [0.1, 0.15) is 34.8 Å². The largest absolute Gasteiger partial charge is 0.345 e. The molecule has 2 aromatic rings. The van der Waals surface area contributed by atoms with Crippen LogP contribution in [0.3, 0.4) is 0 Å². The van der Waals surface area contributed by atoms with E-state index in [0.717, 1.165) is 31.0 Å². The number of hydrogen-bond acceptors (Lipinski definition) is 4. The van der Waals surface area contributed by atoms with Crippen LogP contribution < -0.4 is 5.32 Å². The minimum absolute atomic E-state index is 0.0515. The van der Waals surface area contributed by atoms with E-state index in [2.05, 4.69) is 20.1 Å². The van der Waals surface area contributed by atoms with Crippen LogP contribution in [0.4, 0.5) is 0 Å². The van der Waals surface area contributed by atoms with Gasteiger partial charge in [-0.25, -0.2) is 0 Å². The van der Waals surface area contributed by atoms with Crippen molar-refractivity contribution in [3.05, 3.63) is 34.0 Å². The Morgan fingerprint density at radius 1 is 1.44 bits per heavy atom. The predicted octanol–water partition coefficient (Wildman–Crippen LogP) is 1.61. The van der Waals surface area contributed by atoms with E-state index in [1.807, 2.05) is 16.8 Å². The Morgan fingerprint density at radius 3 is 3.22 bits per heavy atom. The SMILES string of the molecule is O=C(NCc1nnc2n1CCCC2)c1ccsc1. The second-order valence-corrected chi connectivity index (χ2v) is 5.12. The van der Waals surface area contributed by atoms with Crippen LogP contribution in [0.25, 0.3) is 0 Å². The van der Waals surface area contributed by atoms with E-state index in [0.29, 0.717) is 12.1 Å². The highest BCUT2D eigenvalue weighted by molar-refractivity contribution is 7.08. The van der Waals surface area contributed by atoms with Crippen molar-refractivity contribution in [3.8, 4) is 0 Å². The molecular weight excluding hydrogens is 248 g/mol. The molecule has 6 heteroatoms. The molecule has 1 aliphatic rings. The molecule has 0 atom stereocenters. The molecule has 0 saturated heterocycles. The molecule has 3 heterocycles. The molecule has 1 amide bonds. The smallest absolute Gasteiger partial charge is 0.252 e. The summed E-state index contributed by atoms with van der Waals surface area (Å²) in [4.78, 5) is 11.8. The highest BCUT2D eigenvalue weighted by atomic mass is 32.1. The molecule has 1 N–H and O–H groups in total. The molecule has 0 fully saturated rings. The maximum Gasteiger partial charge on any atom is 0.252 e. The summed E-state index contributed by atoms with van der Waals surface area (Å²) in [5.41, 5.74) is 0.707. The van der Waals surface area contributed by atoms with Gasteiger partial charge in [0.15, 0.2) is 5.82 Å². The first-order valence-electron chi connectivity index (χ1n) is 6.06. The molecular formula is C12H14N4OS. The average molecular weight is 262 g/mol. The minimum atomic E-state index is -0.0515. The minimum Gasteiger partial charge on any atom is -0.345 e. The summed E-state index contributed by atoms with van der Waals surface area (Å²) < 4.78 is 2.12. The lowest BCUT2D eigenvalue weighted by molar-refractivity contribution is 0.0950. The van der Waals surface area contributed by atoms with Crippen molar-refractivity contribution in [1.82, 2.24) is 20.1 Å². The second kappa shape index (κ2) is 4.89. The van der Waals surface area contributed by atoms with Crippen LogP contribution in [0.5, 0.6) is 0 Å². The zero-order valence-electron chi connectivity index (χ0n) is 9.93. The van der Waals surface area contributed by atoms with E-state index < -0.39 is 0 Å². The summed E-state index contributed by atoms with van der Waals surface area (Å²) in [5, 5.41) is 14.9. The van der Waals surface area contributed by atoms with Gasteiger partial charge in [-0.1, -0.05) is 0 Å². The predicted molar refractivity (Wildman–Crippen MR) is 68.4 cm³/mol. The molecule has 0 aliphatic carbocycles. The number of hydrogen-bond donors (Lipinski definition) is 1. The lowest BCUT2D eigenvalue weighted by Gasteiger charge is -2.14. The number of rotatable bonds is 3. The first kappa shape index (κ1) is 11.4. The van der Waals surface area contributed by atoms with Crippen molar-refractivity contribution in [3.63, 3.8) is 0 Å². The number of amides is 1. The van der Waals surface area contributed by atoms with Crippen molar-refractivity contribution >= 4 is 17.2 Å². The van der Waals surface area contributed by atoms with E-state index in [1.165, 1.54) is 17.8 Å². The number of carbonyl (C=O) groups excluding carboxylic acids is 1. The van der Waals surface area contributed by atoms with E-state index in [4.69, 9.17) is 0 Å². The standard InChI is InChI=1S/C12H14N4OS/c17-12(9-4-6-18-8-9)13-7-11-15-14-10-3-1-2-5-16(10)11/h4,6,8H,1-3,5,7H2,(H,13,17). The molecule has 0 spiro atoms. The molecule has 1 aliphatic heterocycles. The first-order valence-corrected chi connectivity index (χ1v) is 7.00. The summed E-state index contributed by atoms with van der Waals surface area (Å²) in [6.07, 6.45) is 3.33. The monoisotopic (exact) mass is 262 g/mol. The van der Waals surface area contributed by atoms with E-state index in [1.54, 1.807) is 0 Å². The molecule has 0 unspecified atom stereocenters. The Morgan fingerprint density at radius 2 is 2.39 bits per heavy atom. The summed E-state index contributed by atoms with van der Waals surface area (Å²) in [5.74, 6) is 1.85. The van der Waals surface area contributed by atoms with Gasteiger partial charge in [0.05, 0.1) is 6.54 Å². The number of nitrogens with one attached hydrogen (secondary N) is 1. The van der Waals surface area contributed by atoms with Gasteiger partial charge in [-0.3, -0.25) is 4.79 Å². The maximum atomic E-state index is 11.8. The topological polar surface area (TPSA) is 59.8 Å². The fourth-order valence-electron chi connectivity index (χ4n) is 2.15. The Labute approximate surface area is 109 Å². The van der Waals surface area contributed by atoms with E-state index in [-0.39, 0.29) is 5.91 Å². The van der Waals surface area contributed by atoms with Crippen LogP contribution in [0.2, 0.25) is 0 Å². The van der Waals surface area contributed by atoms with Crippen LogP contribution in [0, 0.1) is 0 Å². The molecule has 0 saturated carbocycles. The fraction of sp³-hybridized carbons (Fsp3) is 0.417. The van der Waals surface area contributed by atoms with Gasteiger partial charge >= 0.3 is 0 Å². The molecule has 5 nitrogen and oxygen atoms in total. The highest BCUT2D eigenvalue weighted by Crippen LogP contribution is 2.14. The molecule has 3 rings (SSSR count). The molecule has 18 heavy (non-hydrogen) atoms. The lowest BCUT2D eigenvalue weighted by atomic mass is 10.2. The first-order chi connectivity index (χ1) is 8.84. The van der Waals surface area contributed by atoms with E-state index in [9.17, 15) is 4.79 Å². The molecule has 0 aromatic carbocycles. The summed E-state index contributed by atoms with van der Waals surface area (Å²) in [7, 11) is 0. The highest BCUT2D eigenvalue weighted by Gasteiger charge is 2.16. The number of nitrogens with zero attached hydrogens (tertiary/aromatic N) is 3. The van der Waals surface area contributed by atoms with Gasteiger partial charge in [0.25, 0.3) is 5.91 Å². The average Bonchev–Trinajstić information content (AvgIpc) is 3.06. The number of thiophene rings is 1. The van der Waals surface area contributed by atoms with Gasteiger partial charge in [0.2, 0.25) is 0 Å². The number of fused-ring (bicyclic) bond motifs is 1. The van der Waals surface area contributed by atoms with Crippen molar-refractivity contribution in [1.29, 1.82) is 0 Å². The zero-order chi connectivity index (χ0) is 12.4. The van der Waals surface area contributed by atoms with Crippen molar-refractivity contribution in [2.75, 3.05) is 0 Å². The third kappa shape index (κ3) is 2.15. The number of aromatic nitrogens is 3. The van der Waals surface area contributed by atoms with Crippen molar-refractivity contribution < 1.29 is 4.79 Å². The van der Waals surface area contributed by atoms with Gasteiger partial charge in [-0.05, 0) is 24.3 Å². The Hall–Kier alpha value is -1.69. The Bertz CT molecular complexity index is 546. The van der Waals surface area contributed by atoms with Gasteiger partial charge in [-0.2, -0.15) is 11.3 Å². The lowest BCUT2D eigenvalue weighted by Crippen LogP contribution is -2.25. The fourth-order valence-corrected chi connectivity index (χ4v) is 2.79. The number of carbonyl (C=O) groups is 1. The molecule has 2 aromatic heterocycles. The van der Waals surface area contributed by atoms with E-state index >= 15 is 0 Å². The maximum absolute atomic E-state index is 11.8. The third-order valence-electron chi connectivity index (χ3n) is 3.13. The summed E-state index contributed by atoms with van der Waals surface area (Å²) >= 11 is 1.52. The van der Waals surface area contributed by atoms with Crippen molar-refractivity contribution in [2.24, 2.45) is 0 Å². The summed E-state index contributed by atoms with van der Waals surface area (Å²) in [6, 6.07) is 1.82. The van der Waals surface area contributed by atoms with Gasteiger partial charge in [0.1, 0.15) is 5.82 Å². The van der Waals surface area contributed by atoms with Crippen LogP contribution >= 0.6 is 11.3 Å².